The molecule has 0 atom stereocenters. The van der Waals surface area contributed by atoms with Gasteiger partial charge in [-0.25, -0.2) is 4.79 Å². The molecule has 5 heteroatoms. The number of aliphatic carboxylic acids is 1. The van der Waals surface area contributed by atoms with Crippen LogP contribution in [0.2, 0.25) is 0 Å². The number of rotatable bonds is 4. The fourth-order valence-corrected chi connectivity index (χ4v) is 3.07. The number of anilines is 1. The summed E-state index contributed by atoms with van der Waals surface area (Å²) in [7, 11) is 0. The van der Waals surface area contributed by atoms with Gasteiger partial charge in [-0.1, -0.05) is 18.2 Å². The van der Waals surface area contributed by atoms with Gasteiger partial charge in [-0.2, -0.15) is 5.26 Å². The highest BCUT2D eigenvalue weighted by Crippen LogP contribution is 2.24. The second kappa shape index (κ2) is 7.75. The molecule has 2 heterocycles. The van der Waals surface area contributed by atoms with E-state index < -0.39 is 5.97 Å². The quantitative estimate of drug-likeness (QED) is 0.657. The summed E-state index contributed by atoms with van der Waals surface area (Å²) in [6.07, 6.45) is 9.29. The zero-order valence-electron chi connectivity index (χ0n) is 14.6. The van der Waals surface area contributed by atoms with Gasteiger partial charge in [0.05, 0.1) is 0 Å². The molecule has 0 spiro atoms. The van der Waals surface area contributed by atoms with E-state index in [2.05, 4.69) is 17.0 Å². The SMILES string of the molecule is CC1=CC(=C(C#N)C(=O)O)C=C(C=Cc2ccc(N3CCCC3)cc2)O1. The van der Waals surface area contributed by atoms with Crippen LogP contribution in [-0.2, 0) is 9.53 Å². The molecule has 132 valence electrons. The molecule has 3 rings (SSSR count). The fourth-order valence-electron chi connectivity index (χ4n) is 3.07. The highest BCUT2D eigenvalue weighted by Gasteiger charge is 2.15. The van der Waals surface area contributed by atoms with E-state index in [9.17, 15) is 4.79 Å². The van der Waals surface area contributed by atoms with E-state index in [1.807, 2.05) is 18.2 Å². The number of allylic oxidation sites excluding steroid dienone is 5. The summed E-state index contributed by atoms with van der Waals surface area (Å²) in [6, 6.07) is 10.0. The third-order valence-electron chi connectivity index (χ3n) is 4.35. The minimum Gasteiger partial charge on any atom is -0.477 e. The van der Waals surface area contributed by atoms with Crippen LogP contribution in [0, 0.1) is 11.3 Å². The summed E-state index contributed by atoms with van der Waals surface area (Å²) in [5.41, 5.74) is 2.30. The minimum absolute atomic E-state index is 0.298. The summed E-state index contributed by atoms with van der Waals surface area (Å²) in [5.74, 6) is -0.205. The Morgan fingerprint density at radius 1 is 1.19 bits per heavy atom. The molecular formula is C21H20N2O3. The highest BCUT2D eigenvalue weighted by molar-refractivity contribution is 5.93. The van der Waals surface area contributed by atoms with E-state index in [0.717, 1.165) is 18.7 Å². The molecule has 1 N–H and O–H groups in total. The minimum atomic E-state index is -1.24. The van der Waals surface area contributed by atoms with Crippen LogP contribution in [0.3, 0.4) is 0 Å². The maximum atomic E-state index is 11.2. The summed E-state index contributed by atoms with van der Waals surface area (Å²) in [5, 5.41) is 18.2. The second-order valence-electron chi connectivity index (χ2n) is 6.27. The van der Waals surface area contributed by atoms with Gasteiger partial charge in [0, 0.05) is 24.4 Å². The molecule has 2 aliphatic rings. The normalized spacial score (nSPS) is 18.8. The van der Waals surface area contributed by atoms with Gasteiger partial charge in [0.25, 0.3) is 0 Å². The molecule has 1 saturated heterocycles. The van der Waals surface area contributed by atoms with E-state index in [4.69, 9.17) is 15.1 Å². The summed E-state index contributed by atoms with van der Waals surface area (Å²) in [4.78, 5) is 13.5. The third kappa shape index (κ3) is 4.04. The van der Waals surface area contributed by atoms with Crippen molar-refractivity contribution < 1.29 is 14.6 Å². The van der Waals surface area contributed by atoms with E-state index in [-0.39, 0.29) is 5.57 Å². The molecule has 5 nitrogen and oxygen atoms in total. The Hall–Kier alpha value is -3.26. The predicted molar refractivity (Wildman–Crippen MR) is 100 cm³/mol. The van der Waals surface area contributed by atoms with E-state index >= 15 is 0 Å². The van der Waals surface area contributed by atoms with Crippen LogP contribution < -0.4 is 4.90 Å². The molecule has 0 radical (unpaired) electrons. The lowest BCUT2D eigenvalue weighted by Gasteiger charge is -2.17. The first kappa shape index (κ1) is 17.6. The number of nitriles is 1. The van der Waals surface area contributed by atoms with Crippen molar-refractivity contribution in [1.82, 2.24) is 0 Å². The molecule has 0 amide bonds. The van der Waals surface area contributed by atoms with Gasteiger partial charge in [-0.05, 0) is 55.7 Å². The number of carboxylic acid groups (broad SMARTS) is 1. The van der Waals surface area contributed by atoms with Crippen molar-refractivity contribution >= 4 is 17.7 Å². The van der Waals surface area contributed by atoms with Gasteiger partial charge in [0.15, 0.2) is 0 Å². The largest absolute Gasteiger partial charge is 0.477 e. The molecular weight excluding hydrogens is 328 g/mol. The van der Waals surface area contributed by atoms with Crippen LogP contribution in [0.15, 0.2) is 65.2 Å². The molecule has 0 aromatic heterocycles. The Bertz CT molecular complexity index is 862. The molecule has 26 heavy (non-hydrogen) atoms. The lowest BCUT2D eigenvalue weighted by molar-refractivity contribution is -0.132. The van der Waals surface area contributed by atoms with Crippen molar-refractivity contribution in [1.29, 1.82) is 5.26 Å². The van der Waals surface area contributed by atoms with Crippen molar-refractivity contribution in [2.75, 3.05) is 18.0 Å². The molecule has 1 fully saturated rings. The van der Waals surface area contributed by atoms with Crippen LogP contribution in [0.5, 0.6) is 0 Å². The van der Waals surface area contributed by atoms with Gasteiger partial charge >= 0.3 is 5.97 Å². The van der Waals surface area contributed by atoms with Crippen LogP contribution in [-0.4, -0.2) is 24.2 Å². The van der Waals surface area contributed by atoms with Gasteiger partial charge in [0.2, 0.25) is 0 Å². The lowest BCUT2D eigenvalue weighted by Crippen LogP contribution is -2.17. The van der Waals surface area contributed by atoms with Crippen LogP contribution in [0.4, 0.5) is 5.69 Å². The van der Waals surface area contributed by atoms with E-state index in [0.29, 0.717) is 17.1 Å². The Morgan fingerprint density at radius 3 is 2.50 bits per heavy atom. The molecule has 0 aliphatic carbocycles. The van der Waals surface area contributed by atoms with Crippen molar-refractivity contribution in [3.05, 3.63) is 70.7 Å². The molecule has 0 bridgehead atoms. The number of carboxylic acids is 1. The Balaban J connectivity index is 1.78. The zero-order valence-corrected chi connectivity index (χ0v) is 14.6. The van der Waals surface area contributed by atoms with Gasteiger partial charge in [-0.3, -0.25) is 0 Å². The van der Waals surface area contributed by atoms with E-state index in [1.54, 1.807) is 31.2 Å². The van der Waals surface area contributed by atoms with Gasteiger partial charge < -0.3 is 14.7 Å². The number of benzene rings is 1. The standard InChI is InChI=1S/C21H20N2O3/c1-15-12-17(20(14-22)21(24)25)13-19(26-15)9-6-16-4-7-18(8-5-16)23-10-2-3-11-23/h4-9,12-13H,2-3,10-11H2,1H3,(H,24,25). The van der Waals surface area contributed by atoms with Crippen LogP contribution >= 0.6 is 0 Å². The second-order valence-corrected chi connectivity index (χ2v) is 6.27. The average Bonchev–Trinajstić information content (AvgIpc) is 3.15. The number of ether oxygens (including phenoxy) is 1. The maximum absolute atomic E-state index is 11.2. The molecule has 1 aromatic rings. The van der Waals surface area contributed by atoms with Crippen molar-refractivity contribution in [3.8, 4) is 6.07 Å². The molecule has 0 saturated carbocycles. The molecule has 2 aliphatic heterocycles. The van der Waals surface area contributed by atoms with Crippen LogP contribution in [0.25, 0.3) is 6.08 Å². The number of hydrogen-bond donors (Lipinski definition) is 1. The lowest BCUT2D eigenvalue weighted by atomic mass is 10.1. The first-order chi connectivity index (χ1) is 12.6. The number of nitrogens with zero attached hydrogens (tertiary/aromatic N) is 2. The predicted octanol–water partition coefficient (Wildman–Crippen LogP) is 4.02. The topological polar surface area (TPSA) is 73.6 Å². The maximum Gasteiger partial charge on any atom is 0.347 e. The summed E-state index contributed by atoms with van der Waals surface area (Å²) in [6.45, 7) is 3.95. The summed E-state index contributed by atoms with van der Waals surface area (Å²) >= 11 is 0. The number of hydrogen-bond acceptors (Lipinski definition) is 4. The molecule has 0 unspecified atom stereocenters. The fraction of sp³-hybridized carbons (Fsp3) is 0.238. The van der Waals surface area contributed by atoms with Crippen molar-refractivity contribution in [2.45, 2.75) is 19.8 Å². The zero-order chi connectivity index (χ0) is 18.5. The first-order valence-corrected chi connectivity index (χ1v) is 8.55. The third-order valence-corrected chi connectivity index (χ3v) is 4.35. The molecule has 1 aromatic carbocycles. The van der Waals surface area contributed by atoms with Crippen LogP contribution in [0.1, 0.15) is 25.3 Å². The highest BCUT2D eigenvalue weighted by atomic mass is 16.5. The number of carbonyl (C=O) groups is 1. The van der Waals surface area contributed by atoms with Crippen molar-refractivity contribution in [2.24, 2.45) is 0 Å². The average molecular weight is 348 g/mol. The van der Waals surface area contributed by atoms with Gasteiger partial charge in [0.1, 0.15) is 23.2 Å². The van der Waals surface area contributed by atoms with Gasteiger partial charge in [-0.15, -0.1) is 0 Å². The first-order valence-electron chi connectivity index (χ1n) is 8.55. The Labute approximate surface area is 152 Å². The van der Waals surface area contributed by atoms with E-state index in [1.165, 1.54) is 18.5 Å². The van der Waals surface area contributed by atoms with Crippen molar-refractivity contribution in [3.63, 3.8) is 0 Å². The smallest absolute Gasteiger partial charge is 0.347 e. The Morgan fingerprint density at radius 2 is 1.88 bits per heavy atom. The summed E-state index contributed by atoms with van der Waals surface area (Å²) < 4.78 is 5.61. The monoisotopic (exact) mass is 348 g/mol. The Kier molecular flexibility index (Phi) is 5.23.